The molecular weight excluding hydrogens is 310 g/mol. The molecule has 136 valence electrons. The molecule has 2 aliphatic rings. The third kappa shape index (κ3) is 4.90. The molecule has 0 spiro atoms. The number of anilines is 2. The lowest BCUT2D eigenvalue weighted by molar-refractivity contribution is 0.0190. The maximum absolute atomic E-state index is 6.10. The molecule has 25 heavy (non-hydrogen) atoms. The van der Waals surface area contributed by atoms with Crippen LogP contribution in [0.1, 0.15) is 44.1 Å². The number of hydrogen-bond acceptors (Lipinski definition) is 4. The Bertz CT molecular complexity index is 594. The zero-order valence-corrected chi connectivity index (χ0v) is 15.3. The highest BCUT2D eigenvalue weighted by molar-refractivity contribution is 5.67. The second kappa shape index (κ2) is 8.60. The average Bonchev–Trinajstić information content (AvgIpc) is 2.64. The van der Waals surface area contributed by atoms with Gasteiger partial charge < -0.3 is 20.7 Å². The quantitative estimate of drug-likeness (QED) is 0.636. The van der Waals surface area contributed by atoms with Crippen molar-refractivity contribution in [3.63, 3.8) is 0 Å². The lowest BCUT2D eigenvalue weighted by Gasteiger charge is -2.41. The Balaban J connectivity index is 1.43. The van der Waals surface area contributed by atoms with E-state index in [1.54, 1.807) is 0 Å². The highest BCUT2D eigenvalue weighted by Crippen LogP contribution is 2.29. The Labute approximate surface area is 152 Å². The first-order valence-corrected chi connectivity index (χ1v) is 9.57. The van der Waals surface area contributed by atoms with Gasteiger partial charge in [0, 0.05) is 25.2 Å². The second-order valence-electron chi connectivity index (χ2n) is 7.49. The molecule has 1 aromatic carbocycles. The maximum Gasteiger partial charge on any atom is 0.107 e. The van der Waals surface area contributed by atoms with Crippen molar-refractivity contribution in [2.75, 3.05) is 30.7 Å². The van der Waals surface area contributed by atoms with Crippen LogP contribution in [0.5, 0.6) is 0 Å². The first-order valence-electron chi connectivity index (χ1n) is 9.57. The Kier molecular flexibility index (Phi) is 6.23. The number of benzene rings is 1. The number of hydrogen-bond donors (Lipinski definition) is 2. The summed E-state index contributed by atoms with van der Waals surface area (Å²) in [7, 11) is 0. The zero-order chi connectivity index (χ0) is 17.6. The van der Waals surface area contributed by atoms with E-state index in [4.69, 9.17) is 16.9 Å². The number of ether oxygens (including phenoxy) is 1. The van der Waals surface area contributed by atoms with Gasteiger partial charge in [-0.05, 0) is 63.1 Å². The van der Waals surface area contributed by atoms with Gasteiger partial charge in [0.1, 0.15) is 6.61 Å². The smallest absolute Gasteiger partial charge is 0.107 e. The molecule has 0 amide bonds. The summed E-state index contributed by atoms with van der Waals surface area (Å²) >= 11 is 0. The van der Waals surface area contributed by atoms with Crippen molar-refractivity contribution in [1.82, 2.24) is 4.90 Å². The lowest BCUT2D eigenvalue weighted by Crippen LogP contribution is -2.46. The first kappa shape index (κ1) is 18.1. The van der Waals surface area contributed by atoms with Gasteiger partial charge in [-0.3, -0.25) is 0 Å². The van der Waals surface area contributed by atoms with Crippen LogP contribution in [-0.2, 0) is 4.74 Å². The standard InChI is InChI=1S/C21H31N3O/c1-3-14-25-19-7-5-18(6-8-19)24-12-10-17(11-13-24)23-21-15-16(2)4-9-20(21)22/h1,4,9,15,17-19,23H,5-8,10-14,22H2,2H3. The van der Waals surface area contributed by atoms with Gasteiger partial charge in [0.2, 0.25) is 0 Å². The summed E-state index contributed by atoms with van der Waals surface area (Å²) in [6.07, 6.45) is 12.8. The monoisotopic (exact) mass is 341 g/mol. The molecule has 3 rings (SSSR count). The molecule has 0 atom stereocenters. The fourth-order valence-corrected chi connectivity index (χ4v) is 4.17. The molecule has 1 aliphatic heterocycles. The number of nitrogen functional groups attached to an aromatic ring is 1. The number of nitrogens with one attached hydrogen (secondary N) is 1. The molecule has 1 saturated heterocycles. The van der Waals surface area contributed by atoms with Crippen molar-refractivity contribution in [2.45, 2.75) is 63.6 Å². The van der Waals surface area contributed by atoms with E-state index in [2.05, 4.69) is 35.2 Å². The molecular formula is C21H31N3O. The number of likely N-dealkylation sites (tertiary alicyclic amines) is 1. The van der Waals surface area contributed by atoms with Crippen LogP contribution in [0.15, 0.2) is 18.2 Å². The largest absolute Gasteiger partial charge is 0.397 e. The normalized spacial score (nSPS) is 25.4. The maximum atomic E-state index is 6.10. The number of nitrogens with two attached hydrogens (primary N) is 1. The fourth-order valence-electron chi connectivity index (χ4n) is 4.17. The number of nitrogens with zero attached hydrogens (tertiary/aromatic N) is 1. The van der Waals surface area contributed by atoms with E-state index < -0.39 is 0 Å². The van der Waals surface area contributed by atoms with Crippen molar-refractivity contribution in [3.8, 4) is 12.3 Å². The summed E-state index contributed by atoms with van der Waals surface area (Å²) in [6.45, 7) is 4.90. The minimum atomic E-state index is 0.371. The number of rotatable bonds is 5. The predicted molar refractivity (Wildman–Crippen MR) is 105 cm³/mol. The molecule has 0 radical (unpaired) electrons. The molecule has 2 fully saturated rings. The van der Waals surface area contributed by atoms with Crippen molar-refractivity contribution in [1.29, 1.82) is 0 Å². The van der Waals surface area contributed by atoms with Crippen LogP contribution in [-0.4, -0.2) is 42.8 Å². The summed E-state index contributed by atoms with van der Waals surface area (Å²) in [6, 6.07) is 7.45. The Morgan fingerprint density at radius 1 is 1.20 bits per heavy atom. The summed E-state index contributed by atoms with van der Waals surface area (Å²) in [4.78, 5) is 2.68. The summed E-state index contributed by atoms with van der Waals surface area (Å²) in [5.41, 5.74) is 9.28. The average molecular weight is 341 g/mol. The van der Waals surface area contributed by atoms with Gasteiger partial charge in [0.25, 0.3) is 0 Å². The Hall–Kier alpha value is -1.70. The van der Waals surface area contributed by atoms with E-state index in [-0.39, 0.29) is 0 Å². The van der Waals surface area contributed by atoms with Gasteiger partial charge in [0.15, 0.2) is 0 Å². The zero-order valence-electron chi connectivity index (χ0n) is 15.3. The molecule has 0 unspecified atom stereocenters. The van der Waals surface area contributed by atoms with Gasteiger partial charge in [-0.1, -0.05) is 12.0 Å². The van der Waals surface area contributed by atoms with Crippen molar-refractivity contribution in [3.05, 3.63) is 23.8 Å². The van der Waals surface area contributed by atoms with Crippen molar-refractivity contribution >= 4 is 11.4 Å². The SMILES string of the molecule is C#CCOC1CCC(N2CCC(Nc3cc(C)ccc3N)CC2)CC1. The summed E-state index contributed by atoms with van der Waals surface area (Å²) in [5, 5.41) is 3.65. The minimum absolute atomic E-state index is 0.371. The lowest BCUT2D eigenvalue weighted by atomic mass is 9.90. The third-order valence-electron chi connectivity index (χ3n) is 5.66. The molecule has 1 saturated carbocycles. The van der Waals surface area contributed by atoms with Crippen LogP contribution in [0.4, 0.5) is 11.4 Å². The fraction of sp³-hybridized carbons (Fsp3) is 0.619. The molecule has 1 heterocycles. The Morgan fingerprint density at radius 3 is 2.60 bits per heavy atom. The number of aryl methyl sites for hydroxylation is 1. The van der Waals surface area contributed by atoms with Gasteiger partial charge in [0.05, 0.1) is 17.5 Å². The molecule has 4 nitrogen and oxygen atoms in total. The van der Waals surface area contributed by atoms with Crippen molar-refractivity contribution in [2.24, 2.45) is 0 Å². The van der Waals surface area contributed by atoms with E-state index in [0.29, 0.717) is 18.8 Å². The van der Waals surface area contributed by atoms with E-state index in [9.17, 15) is 0 Å². The molecule has 0 bridgehead atoms. The molecule has 3 N–H and O–H groups in total. The van der Waals surface area contributed by atoms with Gasteiger partial charge >= 0.3 is 0 Å². The minimum Gasteiger partial charge on any atom is -0.397 e. The van der Waals surface area contributed by atoms with Crippen LogP contribution in [0, 0.1) is 19.3 Å². The predicted octanol–water partition coefficient (Wildman–Crippen LogP) is 3.41. The molecule has 4 heteroatoms. The number of terminal acetylenes is 1. The summed E-state index contributed by atoms with van der Waals surface area (Å²) < 4.78 is 5.70. The Morgan fingerprint density at radius 2 is 1.92 bits per heavy atom. The van der Waals surface area contributed by atoms with Crippen LogP contribution in [0.3, 0.4) is 0 Å². The van der Waals surface area contributed by atoms with Crippen molar-refractivity contribution < 1.29 is 4.74 Å². The van der Waals surface area contributed by atoms with Crippen LogP contribution >= 0.6 is 0 Å². The molecule has 1 aromatic rings. The van der Waals surface area contributed by atoms with E-state index in [1.165, 1.54) is 44.3 Å². The van der Waals surface area contributed by atoms with E-state index >= 15 is 0 Å². The second-order valence-corrected chi connectivity index (χ2v) is 7.49. The third-order valence-corrected chi connectivity index (χ3v) is 5.66. The van der Waals surface area contributed by atoms with Crippen LogP contribution in [0.25, 0.3) is 0 Å². The van der Waals surface area contributed by atoms with Gasteiger partial charge in [-0.25, -0.2) is 0 Å². The van der Waals surface area contributed by atoms with E-state index in [1.807, 2.05) is 6.07 Å². The topological polar surface area (TPSA) is 50.5 Å². The highest BCUT2D eigenvalue weighted by Gasteiger charge is 2.29. The first-order chi connectivity index (χ1) is 12.2. The van der Waals surface area contributed by atoms with E-state index in [0.717, 1.165) is 30.3 Å². The van der Waals surface area contributed by atoms with Gasteiger partial charge in [-0.2, -0.15) is 0 Å². The van der Waals surface area contributed by atoms with Crippen LogP contribution in [0.2, 0.25) is 0 Å². The summed E-state index contributed by atoms with van der Waals surface area (Å²) in [5.74, 6) is 2.57. The molecule has 1 aliphatic carbocycles. The highest BCUT2D eigenvalue weighted by atomic mass is 16.5. The van der Waals surface area contributed by atoms with Crippen LogP contribution < -0.4 is 11.1 Å². The molecule has 0 aromatic heterocycles. The number of piperidine rings is 1. The van der Waals surface area contributed by atoms with Gasteiger partial charge in [-0.15, -0.1) is 6.42 Å².